The molecule has 1 atom stereocenters. The van der Waals surface area contributed by atoms with Crippen LogP contribution in [0.4, 0.5) is 5.69 Å². The minimum Gasteiger partial charge on any atom is -0.399 e. The summed E-state index contributed by atoms with van der Waals surface area (Å²) >= 11 is 0. The Morgan fingerprint density at radius 1 is 0.973 bits per heavy atom. The Morgan fingerprint density at radius 2 is 1.62 bits per heavy atom. The lowest BCUT2D eigenvalue weighted by molar-refractivity contribution is -0.125. The van der Waals surface area contributed by atoms with Gasteiger partial charge in [-0.25, -0.2) is 0 Å². The standard InChI is InChI=1S/C30H45BN2O4/c1-27(2)17-23(18-34)32(19-27)21-15-22(16-21)33-25-14-20(31-36-28(3,4)29(5,6)37-31)10-11-24(25)30(26(33)35)12-8-7-9-13-30/h10-11,14,21-23,34H,7-9,12-13,15-19H2,1-6H3/t21?,22?,23-/m1/s1. The zero-order chi connectivity index (χ0) is 26.4. The Balaban J connectivity index is 1.29. The zero-order valence-electron chi connectivity index (χ0n) is 23.7. The van der Waals surface area contributed by atoms with Crippen molar-refractivity contribution in [3.8, 4) is 0 Å². The fourth-order valence-electron chi connectivity index (χ4n) is 7.82. The van der Waals surface area contributed by atoms with Gasteiger partial charge in [-0.15, -0.1) is 0 Å². The molecule has 37 heavy (non-hydrogen) atoms. The molecule has 3 aliphatic heterocycles. The minimum absolute atomic E-state index is 0.217. The second kappa shape index (κ2) is 8.55. The normalized spacial score (nSPS) is 33.7. The first kappa shape index (κ1) is 25.9. The van der Waals surface area contributed by atoms with Crippen molar-refractivity contribution in [3.63, 3.8) is 0 Å². The summed E-state index contributed by atoms with van der Waals surface area (Å²) in [5.41, 5.74) is 2.38. The average Bonchev–Trinajstić information content (AvgIpc) is 3.33. The van der Waals surface area contributed by atoms with Crippen LogP contribution in [0.3, 0.4) is 0 Å². The third-order valence-electron chi connectivity index (χ3n) is 10.7. The number of aliphatic hydroxyl groups is 1. The second-order valence-corrected chi connectivity index (χ2v) is 14.3. The molecule has 3 heterocycles. The van der Waals surface area contributed by atoms with E-state index in [0.717, 1.165) is 62.6 Å². The van der Waals surface area contributed by atoms with Crippen molar-refractivity contribution in [2.24, 2.45) is 5.41 Å². The summed E-state index contributed by atoms with van der Waals surface area (Å²) in [5.74, 6) is 0.317. The van der Waals surface area contributed by atoms with Crippen LogP contribution in [0.25, 0.3) is 0 Å². The Morgan fingerprint density at radius 3 is 2.24 bits per heavy atom. The van der Waals surface area contributed by atoms with E-state index in [0.29, 0.717) is 11.9 Å². The van der Waals surface area contributed by atoms with Crippen LogP contribution >= 0.6 is 0 Å². The smallest absolute Gasteiger partial charge is 0.399 e. The molecule has 0 bridgehead atoms. The van der Waals surface area contributed by atoms with E-state index in [1.54, 1.807) is 0 Å². The van der Waals surface area contributed by atoms with E-state index in [-0.39, 0.29) is 29.5 Å². The highest BCUT2D eigenvalue weighted by Crippen LogP contribution is 2.53. The number of hydrogen-bond donors (Lipinski definition) is 1. The van der Waals surface area contributed by atoms with Crippen LogP contribution in [-0.4, -0.2) is 65.5 Å². The lowest BCUT2D eigenvalue weighted by Crippen LogP contribution is -2.58. The van der Waals surface area contributed by atoms with Crippen molar-refractivity contribution in [2.75, 3.05) is 18.1 Å². The van der Waals surface area contributed by atoms with Gasteiger partial charge in [-0.1, -0.05) is 45.2 Å². The molecular formula is C30H45BN2O4. The Hall–Kier alpha value is -1.41. The van der Waals surface area contributed by atoms with Crippen molar-refractivity contribution in [1.29, 1.82) is 0 Å². The molecule has 0 unspecified atom stereocenters. The Labute approximate surface area is 223 Å². The molecule has 2 aliphatic carbocycles. The molecule has 0 radical (unpaired) electrons. The number of amides is 1. The summed E-state index contributed by atoms with van der Waals surface area (Å²) in [6.45, 7) is 14.2. The molecular weight excluding hydrogens is 463 g/mol. The number of carbonyl (C=O) groups is 1. The number of likely N-dealkylation sites (tertiary alicyclic amines) is 1. The molecule has 2 saturated heterocycles. The average molecular weight is 509 g/mol. The molecule has 7 heteroatoms. The van der Waals surface area contributed by atoms with E-state index in [9.17, 15) is 9.90 Å². The number of nitrogens with zero attached hydrogens (tertiary/aromatic N) is 2. The molecule has 1 spiro atoms. The van der Waals surface area contributed by atoms with Crippen molar-refractivity contribution in [2.45, 2.75) is 128 Å². The fourth-order valence-corrected chi connectivity index (χ4v) is 7.82. The maximum Gasteiger partial charge on any atom is 0.494 e. The third kappa shape index (κ3) is 3.94. The number of benzene rings is 1. The van der Waals surface area contributed by atoms with Gasteiger partial charge in [-0.3, -0.25) is 9.69 Å². The monoisotopic (exact) mass is 508 g/mol. The van der Waals surface area contributed by atoms with Crippen LogP contribution in [0.15, 0.2) is 18.2 Å². The number of anilines is 1. The highest BCUT2D eigenvalue weighted by Gasteiger charge is 2.57. The fraction of sp³-hybridized carbons (Fsp3) is 0.767. The van der Waals surface area contributed by atoms with Crippen molar-refractivity contribution in [1.82, 2.24) is 4.90 Å². The second-order valence-electron chi connectivity index (χ2n) is 14.3. The zero-order valence-corrected chi connectivity index (χ0v) is 23.7. The SMILES string of the molecule is CC1(C)C[C@H](CO)N(C2CC(N3C(=O)C4(CCCCC4)c4ccc(B5OC(C)(C)C(C)(C)O5)cc43)C2)C1. The van der Waals surface area contributed by atoms with Crippen molar-refractivity contribution in [3.05, 3.63) is 23.8 Å². The molecule has 202 valence electrons. The van der Waals surface area contributed by atoms with Gasteiger partial charge in [0.1, 0.15) is 0 Å². The molecule has 1 aromatic rings. The van der Waals surface area contributed by atoms with Crippen LogP contribution in [0, 0.1) is 5.41 Å². The van der Waals surface area contributed by atoms with Crippen molar-refractivity contribution >= 4 is 24.2 Å². The number of hydrogen-bond acceptors (Lipinski definition) is 5. The molecule has 1 amide bonds. The molecule has 1 aromatic carbocycles. The summed E-state index contributed by atoms with van der Waals surface area (Å²) in [5, 5.41) is 10.0. The highest BCUT2D eigenvalue weighted by atomic mass is 16.7. The van der Waals surface area contributed by atoms with E-state index < -0.39 is 18.3 Å². The predicted molar refractivity (Wildman–Crippen MR) is 147 cm³/mol. The quantitative estimate of drug-likeness (QED) is 0.619. The Kier molecular flexibility index (Phi) is 5.97. The van der Waals surface area contributed by atoms with Gasteiger partial charge in [0.05, 0.1) is 23.2 Å². The van der Waals surface area contributed by atoms with Crippen LogP contribution in [0.5, 0.6) is 0 Å². The van der Waals surface area contributed by atoms with Gasteiger partial charge < -0.3 is 19.3 Å². The molecule has 6 nitrogen and oxygen atoms in total. The van der Waals surface area contributed by atoms with E-state index >= 15 is 0 Å². The number of aliphatic hydroxyl groups excluding tert-OH is 1. The lowest BCUT2D eigenvalue weighted by Gasteiger charge is -2.47. The van der Waals surface area contributed by atoms with Crippen LogP contribution < -0.4 is 10.4 Å². The van der Waals surface area contributed by atoms with Crippen LogP contribution in [-0.2, 0) is 19.5 Å². The van der Waals surface area contributed by atoms with Gasteiger partial charge in [0.25, 0.3) is 0 Å². The molecule has 4 fully saturated rings. The molecule has 6 rings (SSSR count). The number of fused-ring (bicyclic) bond motifs is 2. The van der Waals surface area contributed by atoms with Gasteiger partial charge >= 0.3 is 7.12 Å². The first-order valence-corrected chi connectivity index (χ1v) is 14.6. The Bertz CT molecular complexity index is 1060. The third-order valence-corrected chi connectivity index (χ3v) is 10.7. The maximum atomic E-state index is 14.3. The summed E-state index contributed by atoms with van der Waals surface area (Å²) < 4.78 is 12.8. The predicted octanol–water partition coefficient (Wildman–Crippen LogP) is 4.16. The highest BCUT2D eigenvalue weighted by molar-refractivity contribution is 6.62. The van der Waals surface area contributed by atoms with E-state index in [1.807, 2.05) is 0 Å². The topological polar surface area (TPSA) is 62.2 Å². The van der Waals surface area contributed by atoms with Gasteiger partial charge in [0, 0.05) is 30.4 Å². The molecule has 2 saturated carbocycles. The van der Waals surface area contributed by atoms with Gasteiger partial charge in [0.2, 0.25) is 5.91 Å². The lowest BCUT2D eigenvalue weighted by atomic mass is 9.69. The van der Waals surface area contributed by atoms with Crippen LogP contribution in [0.1, 0.15) is 98.5 Å². The summed E-state index contributed by atoms with van der Waals surface area (Å²) in [4.78, 5) is 19.0. The van der Waals surface area contributed by atoms with Crippen molar-refractivity contribution < 1.29 is 19.2 Å². The molecule has 0 aromatic heterocycles. The van der Waals surface area contributed by atoms with E-state index in [2.05, 4.69) is 69.5 Å². The van der Waals surface area contributed by atoms with Crippen LogP contribution in [0.2, 0.25) is 0 Å². The first-order valence-electron chi connectivity index (χ1n) is 14.6. The number of carbonyl (C=O) groups excluding carboxylic acids is 1. The summed E-state index contributed by atoms with van der Waals surface area (Å²) in [7, 11) is -0.429. The summed E-state index contributed by atoms with van der Waals surface area (Å²) in [6, 6.07) is 7.43. The number of rotatable bonds is 4. The first-order chi connectivity index (χ1) is 17.4. The molecule has 1 N–H and O–H groups in total. The largest absolute Gasteiger partial charge is 0.494 e. The van der Waals surface area contributed by atoms with E-state index in [1.165, 1.54) is 12.0 Å². The molecule has 5 aliphatic rings. The van der Waals surface area contributed by atoms with Gasteiger partial charge in [0.15, 0.2) is 0 Å². The maximum absolute atomic E-state index is 14.3. The van der Waals surface area contributed by atoms with E-state index in [4.69, 9.17) is 9.31 Å². The van der Waals surface area contributed by atoms with Gasteiger partial charge in [-0.05, 0) is 82.3 Å². The minimum atomic E-state index is -0.429. The summed E-state index contributed by atoms with van der Waals surface area (Å²) in [6.07, 6.45) is 8.36. The van der Waals surface area contributed by atoms with Gasteiger partial charge in [-0.2, -0.15) is 0 Å².